The van der Waals surface area contributed by atoms with Gasteiger partial charge >= 0.3 is 11.9 Å². The van der Waals surface area contributed by atoms with Gasteiger partial charge in [-0.3, -0.25) is 29.6 Å². The van der Waals surface area contributed by atoms with Crippen LogP contribution in [0.1, 0.15) is 43.0 Å². The zero-order chi connectivity index (χ0) is 25.3. The van der Waals surface area contributed by atoms with Crippen LogP contribution in [0.25, 0.3) is 0 Å². The Balaban J connectivity index is 2.26. The van der Waals surface area contributed by atoms with Gasteiger partial charge in [-0.05, 0) is 46.5 Å². The molecule has 10 N–H and O–H groups in total. The predicted molar refractivity (Wildman–Crippen MR) is 115 cm³/mol. The molecule has 12 heteroatoms. The van der Waals surface area contributed by atoms with E-state index in [-0.39, 0.29) is 36.8 Å². The summed E-state index contributed by atoms with van der Waals surface area (Å²) < 4.78 is 0. The highest BCUT2D eigenvalue weighted by atomic mass is 16.5. The molecule has 0 fully saturated rings. The average Bonchev–Trinajstić information content (AvgIpc) is 2.76. The summed E-state index contributed by atoms with van der Waals surface area (Å²) in [7, 11) is 0. The number of fused-ring (bicyclic) bond motifs is 4. The van der Waals surface area contributed by atoms with Gasteiger partial charge < -0.3 is 21.7 Å². The van der Waals surface area contributed by atoms with Crippen molar-refractivity contribution in [3.8, 4) is 0 Å². The first kappa shape index (κ1) is 24.8. The number of carbonyl (C=O) groups is 4. The maximum Gasteiger partial charge on any atom is 0.324 e. The van der Waals surface area contributed by atoms with Gasteiger partial charge in [0, 0.05) is 36.8 Å². The maximum absolute atomic E-state index is 12.2. The van der Waals surface area contributed by atoms with E-state index in [0.29, 0.717) is 22.3 Å². The Labute approximate surface area is 193 Å². The Morgan fingerprint density at radius 3 is 1.09 bits per heavy atom. The molecule has 2 amide bonds. The van der Waals surface area contributed by atoms with Crippen molar-refractivity contribution in [2.45, 2.75) is 36.8 Å². The van der Waals surface area contributed by atoms with Gasteiger partial charge in [0.05, 0.1) is 0 Å². The number of benzene rings is 2. The van der Waals surface area contributed by atoms with Crippen molar-refractivity contribution in [1.29, 1.82) is 0 Å². The highest BCUT2D eigenvalue weighted by Crippen LogP contribution is 2.27. The van der Waals surface area contributed by atoms with Crippen molar-refractivity contribution in [2.24, 2.45) is 11.5 Å². The SMILES string of the molecule is NC1(C(=O)O)Cc2cc(cc(C(=O)NO)c2)CC(N)(C(=O)O)Cc2cc(cc(C(=O)NO)c2)C1. The minimum Gasteiger partial charge on any atom is -0.480 e. The number of hydrogen-bond acceptors (Lipinski definition) is 8. The molecule has 0 aromatic heterocycles. The summed E-state index contributed by atoms with van der Waals surface area (Å²) in [4.78, 5) is 48.5. The van der Waals surface area contributed by atoms with Crippen LogP contribution in [0.2, 0.25) is 0 Å². The van der Waals surface area contributed by atoms with Gasteiger partial charge in [0.15, 0.2) is 0 Å². The van der Waals surface area contributed by atoms with E-state index in [4.69, 9.17) is 21.9 Å². The first-order chi connectivity index (χ1) is 15.9. The molecule has 0 atom stereocenters. The molecule has 180 valence electrons. The van der Waals surface area contributed by atoms with Crippen LogP contribution in [0.15, 0.2) is 36.4 Å². The Morgan fingerprint density at radius 2 is 0.882 bits per heavy atom. The van der Waals surface area contributed by atoms with Crippen molar-refractivity contribution in [3.05, 3.63) is 69.8 Å². The number of hydrogen-bond donors (Lipinski definition) is 8. The molecule has 0 heterocycles. The standard InChI is InChI=1S/C22H24N4O8/c23-21(19(29)30)7-11-1-12(4-15(3-11)17(27)25-33)8-22(24,20(31)32)10-14-2-13(9-21)5-16(6-14)18(28)26-34/h1-6,33-34H,7-10,23-24H2,(H,25,27)(H,26,28)(H,29,30)(H,31,32). The topological polar surface area (TPSA) is 225 Å². The number of rotatable bonds is 4. The molecular weight excluding hydrogens is 448 g/mol. The molecule has 2 aromatic rings. The second-order valence-corrected chi connectivity index (χ2v) is 8.59. The normalized spacial score (nSPS) is 22.0. The molecule has 1 aliphatic rings. The van der Waals surface area contributed by atoms with Crippen molar-refractivity contribution in [2.75, 3.05) is 0 Å². The molecule has 4 bridgehead atoms. The fourth-order valence-electron chi connectivity index (χ4n) is 4.21. The number of carboxylic acids is 2. The van der Waals surface area contributed by atoms with Crippen LogP contribution in [-0.2, 0) is 35.3 Å². The molecule has 34 heavy (non-hydrogen) atoms. The third-order valence-electron chi connectivity index (χ3n) is 5.76. The summed E-state index contributed by atoms with van der Waals surface area (Å²) in [5.74, 6) is -4.45. The number of hydroxylamine groups is 2. The molecule has 3 rings (SSSR count). The predicted octanol–water partition coefficient (Wildman–Crippen LogP) is -0.627. The van der Waals surface area contributed by atoms with E-state index in [1.165, 1.54) is 47.4 Å². The van der Waals surface area contributed by atoms with Crippen molar-refractivity contribution in [1.82, 2.24) is 11.0 Å². The Bertz CT molecular complexity index is 1040. The Kier molecular flexibility index (Phi) is 6.70. The first-order valence-corrected chi connectivity index (χ1v) is 10.1. The van der Waals surface area contributed by atoms with Crippen LogP contribution in [0.4, 0.5) is 0 Å². The lowest BCUT2D eigenvalue weighted by molar-refractivity contribution is -0.144. The summed E-state index contributed by atoms with van der Waals surface area (Å²) in [6, 6.07) is 8.39. The third-order valence-corrected chi connectivity index (χ3v) is 5.76. The van der Waals surface area contributed by atoms with Crippen LogP contribution in [0, 0.1) is 0 Å². The van der Waals surface area contributed by atoms with Crippen LogP contribution in [0.3, 0.4) is 0 Å². The molecule has 0 saturated carbocycles. The van der Waals surface area contributed by atoms with Crippen molar-refractivity contribution in [3.63, 3.8) is 0 Å². The van der Waals surface area contributed by atoms with E-state index in [2.05, 4.69) is 0 Å². The van der Waals surface area contributed by atoms with E-state index < -0.39 is 34.8 Å². The van der Waals surface area contributed by atoms with Crippen LogP contribution < -0.4 is 22.4 Å². The Morgan fingerprint density at radius 1 is 0.618 bits per heavy atom. The largest absolute Gasteiger partial charge is 0.480 e. The van der Waals surface area contributed by atoms with E-state index in [1.54, 1.807) is 0 Å². The molecule has 0 saturated heterocycles. The summed E-state index contributed by atoms with van der Waals surface area (Å²) in [5, 5.41) is 37.9. The summed E-state index contributed by atoms with van der Waals surface area (Å²) in [5.41, 5.74) is 12.9. The second-order valence-electron chi connectivity index (χ2n) is 8.59. The quantitative estimate of drug-likeness (QED) is 0.208. The average molecular weight is 472 g/mol. The molecule has 0 spiro atoms. The van der Waals surface area contributed by atoms with Gasteiger partial charge in [-0.1, -0.05) is 12.1 Å². The fourth-order valence-corrected chi connectivity index (χ4v) is 4.21. The number of nitrogens with one attached hydrogen (secondary N) is 2. The van der Waals surface area contributed by atoms with Gasteiger partial charge in [-0.15, -0.1) is 0 Å². The summed E-state index contributed by atoms with van der Waals surface area (Å²) >= 11 is 0. The zero-order valence-electron chi connectivity index (χ0n) is 17.9. The number of carboxylic acid groups (broad SMARTS) is 2. The smallest absolute Gasteiger partial charge is 0.324 e. The van der Waals surface area contributed by atoms with Crippen LogP contribution in [0.5, 0.6) is 0 Å². The number of aliphatic carboxylic acids is 2. The molecule has 0 radical (unpaired) electrons. The van der Waals surface area contributed by atoms with E-state index >= 15 is 0 Å². The molecule has 12 nitrogen and oxygen atoms in total. The first-order valence-electron chi connectivity index (χ1n) is 10.1. The fraction of sp³-hybridized carbons (Fsp3) is 0.273. The number of carbonyl (C=O) groups excluding carboxylic acids is 2. The minimum atomic E-state index is -1.87. The van der Waals surface area contributed by atoms with Gasteiger partial charge in [0.25, 0.3) is 11.8 Å². The summed E-state index contributed by atoms with van der Waals surface area (Å²) in [6.45, 7) is 0. The number of nitrogens with two attached hydrogens (primary N) is 2. The van der Waals surface area contributed by atoms with Crippen LogP contribution >= 0.6 is 0 Å². The van der Waals surface area contributed by atoms with Gasteiger partial charge in [0.2, 0.25) is 0 Å². The lowest BCUT2D eigenvalue weighted by Gasteiger charge is -2.29. The van der Waals surface area contributed by atoms with Crippen molar-refractivity contribution < 1.29 is 39.8 Å². The van der Waals surface area contributed by atoms with Gasteiger partial charge in [0.1, 0.15) is 11.1 Å². The highest BCUT2D eigenvalue weighted by molar-refractivity contribution is 5.94. The van der Waals surface area contributed by atoms with E-state index in [1.807, 2.05) is 0 Å². The zero-order valence-corrected chi connectivity index (χ0v) is 17.9. The minimum absolute atomic E-state index is 0.0343. The summed E-state index contributed by atoms with van der Waals surface area (Å²) in [6.07, 6.45) is -1.06. The van der Waals surface area contributed by atoms with Crippen LogP contribution in [-0.4, -0.2) is 55.5 Å². The number of amides is 2. The lowest BCUT2D eigenvalue weighted by atomic mass is 9.79. The van der Waals surface area contributed by atoms with Gasteiger partial charge in [-0.25, -0.2) is 11.0 Å². The molecule has 1 aliphatic carbocycles. The molecule has 0 unspecified atom stereocenters. The molecular formula is C22H24N4O8. The monoisotopic (exact) mass is 472 g/mol. The highest BCUT2D eigenvalue weighted by Gasteiger charge is 2.38. The van der Waals surface area contributed by atoms with Gasteiger partial charge in [-0.2, -0.15) is 0 Å². The van der Waals surface area contributed by atoms with E-state index in [0.717, 1.165) is 0 Å². The second kappa shape index (κ2) is 9.19. The molecule has 0 aliphatic heterocycles. The van der Waals surface area contributed by atoms with Crippen molar-refractivity contribution >= 4 is 23.8 Å². The van der Waals surface area contributed by atoms with E-state index in [9.17, 15) is 29.4 Å². The molecule has 2 aromatic carbocycles. The maximum atomic E-state index is 12.2. The Hall–Kier alpha value is -3.84. The third kappa shape index (κ3) is 5.05. The lowest BCUT2D eigenvalue weighted by Crippen LogP contribution is -2.53.